The van der Waals surface area contributed by atoms with Crippen LogP contribution >= 0.6 is 0 Å². The molecule has 5 aliphatic rings. The smallest absolute Gasteiger partial charge is 0.348 e. The van der Waals surface area contributed by atoms with Crippen molar-refractivity contribution in [2.75, 3.05) is 0 Å². The summed E-state index contributed by atoms with van der Waals surface area (Å²) in [6.45, 7) is 20.0. The van der Waals surface area contributed by atoms with Crippen molar-refractivity contribution < 1.29 is 95.1 Å². The topological polar surface area (TPSA) is 238 Å². The lowest BCUT2D eigenvalue weighted by molar-refractivity contribution is -0.726. The summed E-state index contributed by atoms with van der Waals surface area (Å²) in [5.74, 6) is -11.8. The highest BCUT2D eigenvalue weighted by Crippen LogP contribution is 2.45. The first-order valence-corrected chi connectivity index (χ1v) is 31.2. The fraction of sp³-hybridized carbons (Fsp3) is 0.408. The molecule has 4 aromatic rings. The van der Waals surface area contributed by atoms with Gasteiger partial charge in [-0.3, -0.25) is 0 Å². The number of aromatic nitrogens is 4. The van der Waals surface area contributed by atoms with Crippen LogP contribution in [0.3, 0.4) is 0 Å². The maximum absolute atomic E-state index is 12.8. The number of nitrogens with zero attached hydrogens (tertiary/aromatic N) is 4. The predicted molar refractivity (Wildman–Crippen MR) is 324 cm³/mol. The molecular formula is C71H82N4O16+2. The summed E-state index contributed by atoms with van der Waals surface area (Å²) in [7, 11) is 0. The van der Waals surface area contributed by atoms with Gasteiger partial charge in [0.25, 0.3) is 11.6 Å². The maximum atomic E-state index is 12.8. The fourth-order valence-electron chi connectivity index (χ4n) is 10.6. The van der Waals surface area contributed by atoms with E-state index in [9.17, 15) is 39.0 Å². The number of allylic oxidation sites excluding steroid dienone is 8. The Morgan fingerprint density at radius 1 is 0.418 bits per heavy atom. The minimum Gasteiger partial charge on any atom is -0.574 e. The van der Waals surface area contributed by atoms with Gasteiger partial charge in [0.2, 0.25) is 0 Å². The molecule has 0 radical (unpaired) electrons. The van der Waals surface area contributed by atoms with Crippen molar-refractivity contribution in [3.8, 4) is 22.3 Å². The van der Waals surface area contributed by atoms with Crippen LogP contribution in [0, 0.1) is 11.8 Å². The number of esters is 6. The molecule has 4 aliphatic heterocycles. The zero-order chi connectivity index (χ0) is 65.3. The Morgan fingerprint density at radius 2 is 0.714 bits per heavy atom. The largest absolute Gasteiger partial charge is 0.574 e. The van der Waals surface area contributed by atoms with Crippen LogP contribution in [0.5, 0.6) is 0 Å². The Labute approximate surface area is 531 Å². The minimum atomic E-state index is -1.68. The van der Waals surface area contributed by atoms with Gasteiger partial charge in [0.1, 0.15) is 24.2 Å². The molecule has 2 unspecified atom stereocenters. The normalized spacial score (nSPS) is 22.7. The first kappa shape index (κ1) is 67.5. The molecule has 3 fully saturated rings. The van der Waals surface area contributed by atoms with Crippen LogP contribution in [0.25, 0.3) is 22.3 Å². The molecule has 2 spiro atoms. The van der Waals surface area contributed by atoms with Crippen LogP contribution in [0.1, 0.15) is 126 Å². The Balaban J connectivity index is 0.000000251. The van der Waals surface area contributed by atoms with Crippen molar-refractivity contribution in [1.82, 2.24) is 0 Å². The number of hydrogen-bond donors (Lipinski definition) is 0. The molecule has 8 heterocycles. The Morgan fingerprint density at radius 3 is 0.989 bits per heavy atom. The van der Waals surface area contributed by atoms with Gasteiger partial charge in [-0.15, -0.1) is 0 Å². The van der Waals surface area contributed by atoms with Crippen molar-refractivity contribution in [3.63, 3.8) is 0 Å². The molecule has 0 amide bonds. The number of ether oxygens (including phenoxy) is 8. The van der Waals surface area contributed by atoms with E-state index in [1.54, 1.807) is 0 Å². The number of pyridine rings is 4. The van der Waals surface area contributed by atoms with E-state index in [2.05, 4.69) is 144 Å². The summed E-state index contributed by atoms with van der Waals surface area (Å²) in [6.07, 6.45) is 35.0. The Bertz CT molecular complexity index is 3270. The van der Waals surface area contributed by atoms with E-state index in [1.165, 1.54) is 97.6 Å². The van der Waals surface area contributed by atoms with E-state index < -0.39 is 82.0 Å². The van der Waals surface area contributed by atoms with Crippen LogP contribution in [-0.2, 0) is 92.8 Å². The molecule has 91 heavy (non-hydrogen) atoms. The number of cyclic esters (lactones) is 2. The second kappa shape index (κ2) is 30.4. The highest BCUT2D eigenvalue weighted by Gasteiger charge is 2.57. The SMILES string of the molecule is CC(C)CC[n+]1ccc(-c2cc[n+](CCC[n+]3ccc(-c4cc[n+](CCC(C)C)cc4)cc3)cc2)cc1.CCCC1(C)OC(=O)C(C=CC=CC=C2C(=O)OC3(CCC4(CC3)OC(=O)C(=C/C=C/C=C/C3=C([O-])OC(C)(CCC)OC3=O)C(=O)O4)OC2=O)=C([O-])O1. The van der Waals surface area contributed by atoms with E-state index in [-0.39, 0.29) is 36.8 Å². The molecule has 20 nitrogen and oxygen atoms in total. The number of carbonyl (C=O) groups excluding carboxylic acids is 6. The Hall–Kier alpha value is -9.46. The third-order valence-corrected chi connectivity index (χ3v) is 15.8. The van der Waals surface area contributed by atoms with Gasteiger partial charge in [-0.1, -0.05) is 90.8 Å². The van der Waals surface area contributed by atoms with Crippen LogP contribution in [0.2, 0.25) is 0 Å². The average Bonchev–Trinajstić information content (AvgIpc) is 0.779. The zero-order valence-electron chi connectivity index (χ0n) is 53.1. The summed E-state index contributed by atoms with van der Waals surface area (Å²) >= 11 is 0. The lowest BCUT2D eigenvalue weighted by Gasteiger charge is -2.45. The lowest BCUT2D eigenvalue weighted by atomic mass is 9.87. The van der Waals surface area contributed by atoms with Crippen molar-refractivity contribution >= 4 is 35.8 Å². The van der Waals surface area contributed by atoms with Gasteiger partial charge in [0.05, 0.1) is 29.5 Å². The van der Waals surface area contributed by atoms with Gasteiger partial charge in [0.15, 0.2) is 74.2 Å². The van der Waals surface area contributed by atoms with Crippen LogP contribution in [0.15, 0.2) is 193 Å². The first-order valence-electron chi connectivity index (χ1n) is 31.2. The number of rotatable bonds is 22. The number of aryl methyl sites for hydroxylation is 4. The molecule has 4 aromatic heterocycles. The van der Waals surface area contributed by atoms with E-state index in [0.29, 0.717) is 25.7 Å². The third-order valence-electron chi connectivity index (χ3n) is 15.8. The van der Waals surface area contributed by atoms with Crippen molar-refractivity contribution in [3.05, 3.63) is 193 Å². The van der Waals surface area contributed by atoms with Gasteiger partial charge in [-0.05, 0) is 85.1 Å². The molecule has 2 atom stereocenters. The van der Waals surface area contributed by atoms with Gasteiger partial charge in [-0.2, -0.15) is 0 Å². The fourth-order valence-corrected chi connectivity index (χ4v) is 10.6. The second-order valence-corrected chi connectivity index (χ2v) is 24.2. The van der Waals surface area contributed by atoms with E-state index >= 15 is 0 Å². The standard InChI is InChI=1S/C38H40O16.C33H44N4/c1-5-17-35(3)47-27(39)23(28(40)48-35)13-9-7-11-15-25-31(43)51-37(52-32(25)44)19-21-38(22-20-37)53-33(45)26(34(46)54-38)16-12-8-10-14-24-29(41)49-36(4,18-6-2)50-30(24)42;1-28(2)6-18-36-24-12-32(13-25-36)30-8-20-34(21-9-30)16-5-17-35-22-10-31(11-23-35)33-14-26-37(27-15-33)19-7-29(3)4/h7-16,39,41H,5-6,17-22H2,1-4H3;8-15,20-29H,5-7,16-19H2,1-4H3/q;+4/p-2/b11-7+,12-8?,13-9+,14-10?,25-15?,26-16?;. The molecule has 2 saturated heterocycles. The first-order chi connectivity index (χ1) is 43.5. The van der Waals surface area contributed by atoms with Gasteiger partial charge < -0.3 is 48.1 Å². The summed E-state index contributed by atoms with van der Waals surface area (Å²) in [5, 5.41) is 24.6. The molecule has 480 valence electrons. The van der Waals surface area contributed by atoms with E-state index in [0.717, 1.165) is 56.6 Å². The number of hydrogen-bond acceptors (Lipinski definition) is 16. The molecular weight excluding hydrogens is 1160 g/mol. The average molecular weight is 1250 g/mol. The molecule has 9 rings (SSSR count). The van der Waals surface area contributed by atoms with Crippen molar-refractivity contribution in [2.24, 2.45) is 11.8 Å². The highest BCUT2D eigenvalue weighted by molar-refractivity contribution is 6.16. The van der Waals surface area contributed by atoms with Crippen LogP contribution in [0.4, 0.5) is 0 Å². The predicted octanol–water partition coefficient (Wildman–Crippen LogP) is 7.91. The monoisotopic (exact) mass is 1250 g/mol. The molecule has 1 saturated carbocycles. The van der Waals surface area contributed by atoms with E-state index in [4.69, 9.17) is 37.9 Å². The summed E-state index contributed by atoms with van der Waals surface area (Å²) in [5.41, 5.74) is 3.57. The molecule has 20 heteroatoms. The van der Waals surface area contributed by atoms with Gasteiger partial charge >= 0.3 is 35.8 Å². The van der Waals surface area contributed by atoms with Crippen molar-refractivity contribution in [2.45, 2.75) is 175 Å². The second-order valence-electron chi connectivity index (χ2n) is 24.2. The van der Waals surface area contributed by atoms with Gasteiger partial charge in [0, 0.05) is 87.1 Å². The summed E-state index contributed by atoms with van der Waals surface area (Å²) in [6, 6.07) is 17.8. The zero-order valence-corrected chi connectivity index (χ0v) is 53.1. The Kier molecular flexibility index (Phi) is 22.5. The number of carbonyl (C=O) groups is 6. The highest BCUT2D eigenvalue weighted by atomic mass is 16.8. The molecule has 0 N–H and O–H groups in total. The van der Waals surface area contributed by atoms with Crippen molar-refractivity contribution in [1.29, 1.82) is 0 Å². The van der Waals surface area contributed by atoms with E-state index in [1.807, 2.05) is 13.8 Å². The lowest BCUT2D eigenvalue weighted by Crippen LogP contribution is -2.56. The van der Waals surface area contributed by atoms with Gasteiger partial charge in [-0.25, -0.2) is 47.0 Å². The third kappa shape index (κ3) is 18.4. The quantitative estimate of drug-likeness (QED) is 0.0181. The molecule has 0 aromatic carbocycles. The summed E-state index contributed by atoms with van der Waals surface area (Å²) < 4.78 is 52.0. The van der Waals surface area contributed by atoms with Crippen LogP contribution < -0.4 is 28.5 Å². The molecule has 0 bridgehead atoms. The molecule has 1 aliphatic carbocycles. The maximum Gasteiger partial charge on any atom is 0.348 e. The van der Waals surface area contributed by atoms with Crippen LogP contribution in [-0.4, -0.2) is 59.0 Å². The summed E-state index contributed by atoms with van der Waals surface area (Å²) in [4.78, 5) is 75.8. The minimum absolute atomic E-state index is 0.149.